The standard InChI is InChI=1S/C21H13Cl3N2O3/c22-15-5-3-14(4-6-15)20(27)26-25-12-13-1-8-17(9-2-13)29-21(28)18-10-7-16(23)11-19(18)24/h1-12H,(H,26,27)/b25-12+. The fraction of sp³-hybridized carbons (Fsp3) is 0. The lowest BCUT2D eigenvalue weighted by molar-refractivity contribution is 0.0734. The van der Waals surface area contributed by atoms with Crippen LogP contribution in [0.1, 0.15) is 26.3 Å². The number of benzene rings is 3. The molecule has 3 aromatic rings. The highest BCUT2D eigenvalue weighted by Gasteiger charge is 2.13. The monoisotopic (exact) mass is 446 g/mol. The van der Waals surface area contributed by atoms with E-state index >= 15 is 0 Å². The third kappa shape index (κ3) is 5.81. The lowest BCUT2D eigenvalue weighted by Crippen LogP contribution is -2.17. The molecule has 0 unspecified atom stereocenters. The molecule has 5 nitrogen and oxygen atoms in total. The van der Waals surface area contributed by atoms with Gasteiger partial charge in [-0.2, -0.15) is 5.10 Å². The Kier molecular flexibility index (Phi) is 6.88. The van der Waals surface area contributed by atoms with Gasteiger partial charge in [-0.1, -0.05) is 34.8 Å². The molecule has 0 aliphatic heterocycles. The molecule has 0 fully saturated rings. The molecule has 0 radical (unpaired) electrons. The smallest absolute Gasteiger partial charge is 0.345 e. The fourth-order valence-electron chi connectivity index (χ4n) is 2.27. The predicted octanol–water partition coefficient (Wildman–Crippen LogP) is 5.63. The van der Waals surface area contributed by atoms with Crippen LogP contribution in [0.4, 0.5) is 0 Å². The summed E-state index contributed by atoms with van der Waals surface area (Å²) in [5.41, 5.74) is 3.78. The highest BCUT2D eigenvalue weighted by atomic mass is 35.5. The number of hydrazone groups is 1. The first kappa shape index (κ1) is 20.9. The summed E-state index contributed by atoms with van der Waals surface area (Å²) in [6.45, 7) is 0. The van der Waals surface area contributed by atoms with Crippen molar-refractivity contribution in [1.29, 1.82) is 0 Å². The normalized spacial score (nSPS) is 10.7. The Balaban J connectivity index is 1.58. The second-order valence-electron chi connectivity index (χ2n) is 5.79. The van der Waals surface area contributed by atoms with Gasteiger partial charge >= 0.3 is 5.97 Å². The van der Waals surface area contributed by atoms with Gasteiger partial charge < -0.3 is 4.74 Å². The molecule has 8 heteroatoms. The third-order valence-electron chi connectivity index (χ3n) is 3.73. The number of carbonyl (C=O) groups excluding carboxylic acids is 2. The number of nitrogens with zero attached hydrogens (tertiary/aromatic N) is 1. The van der Waals surface area contributed by atoms with E-state index in [-0.39, 0.29) is 16.5 Å². The molecule has 0 atom stereocenters. The van der Waals surface area contributed by atoms with Gasteiger partial charge in [-0.15, -0.1) is 0 Å². The van der Waals surface area contributed by atoms with E-state index in [9.17, 15) is 9.59 Å². The quantitative estimate of drug-likeness (QED) is 0.238. The molecule has 0 saturated carbocycles. The molecule has 3 aromatic carbocycles. The molecule has 0 spiro atoms. The number of hydrogen-bond acceptors (Lipinski definition) is 4. The van der Waals surface area contributed by atoms with Crippen LogP contribution in [0.3, 0.4) is 0 Å². The molecule has 3 rings (SSSR count). The second kappa shape index (κ2) is 9.56. The first-order chi connectivity index (χ1) is 13.9. The molecular formula is C21H13Cl3N2O3. The van der Waals surface area contributed by atoms with Gasteiger partial charge in [0.15, 0.2) is 0 Å². The number of nitrogens with one attached hydrogen (secondary N) is 1. The van der Waals surface area contributed by atoms with Crippen molar-refractivity contribution in [3.8, 4) is 5.75 Å². The molecule has 0 aliphatic carbocycles. The zero-order valence-corrected chi connectivity index (χ0v) is 17.0. The van der Waals surface area contributed by atoms with E-state index in [0.29, 0.717) is 26.9 Å². The van der Waals surface area contributed by atoms with Crippen molar-refractivity contribution in [1.82, 2.24) is 5.43 Å². The summed E-state index contributed by atoms with van der Waals surface area (Å²) in [7, 11) is 0. The molecule has 0 aromatic heterocycles. The number of halogens is 3. The summed E-state index contributed by atoms with van der Waals surface area (Å²) in [5.74, 6) is -0.616. The van der Waals surface area contributed by atoms with Gasteiger partial charge in [0, 0.05) is 15.6 Å². The van der Waals surface area contributed by atoms with Crippen LogP contribution in [0.25, 0.3) is 0 Å². The highest BCUT2D eigenvalue weighted by Crippen LogP contribution is 2.23. The van der Waals surface area contributed by atoms with E-state index < -0.39 is 5.97 Å². The van der Waals surface area contributed by atoms with Crippen LogP contribution in [0.15, 0.2) is 71.8 Å². The molecule has 0 saturated heterocycles. The second-order valence-corrected chi connectivity index (χ2v) is 7.07. The minimum atomic E-state index is -0.594. The maximum Gasteiger partial charge on any atom is 0.345 e. The minimum Gasteiger partial charge on any atom is -0.423 e. The summed E-state index contributed by atoms with van der Waals surface area (Å²) in [6.07, 6.45) is 1.47. The fourth-order valence-corrected chi connectivity index (χ4v) is 2.88. The molecule has 0 bridgehead atoms. The van der Waals surface area contributed by atoms with Crippen molar-refractivity contribution < 1.29 is 14.3 Å². The average Bonchev–Trinajstić information content (AvgIpc) is 2.69. The van der Waals surface area contributed by atoms with Crippen LogP contribution in [0, 0.1) is 0 Å². The number of carbonyl (C=O) groups is 2. The van der Waals surface area contributed by atoms with Crippen LogP contribution >= 0.6 is 34.8 Å². The van der Waals surface area contributed by atoms with Crippen molar-refractivity contribution >= 4 is 52.9 Å². The van der Waals surface area contributed by atoms with Crippen molar-refractivity contribution in [2.24, 2.45) is 5.10 Å². The minimum absolute atomic E-state index is 0.211. The lowest BCUT2D eigenvalue weighted by atomic mass is 10.2. The van der Waals surface area contributed by atoms with Gasteiger partial charge in [-0.3, -0.25) is 4.79 Å². The van der Waals surface area contributed by atoms with Crippen molar-refractivity contribution in [2.75, 3.05) is 0 Å². The summed E-state index contributed by atoms with van der Waals surface area (Å²) in [6, 6.07) is 17.5. The van der Waals surface area contributed by atoms with Gasteiger partial charge in [0.2, 0.25) is 0 Å². The Morgan fingerprint density at radius 1 is 0.862 bits per heavy atom. The van der Waals surface area contributed by atoms with Crippen LogP contribution in [-0.4, -0.2) is 18.1 Å². The number of esters is 1. The summed E-state index contributed by atoms with van der Waals surface area (Å²) >= 11 is 17.6. The number of ether oxygens (including phenoxy) is 1. The van der Waals surface area contributed by atoms with E-state index in [1.807, 2.05) is 0 Å². The number of rotatable bonds is 5. The summed E-state index contributed by atoms with van der Waals surface area (Å²) < 4.78 is 5.29. The van der Waals surface area contributed by atoms with E-state index in [2.05, 4.69) is 10.5 Å². The zero-order valence-electron chi connectivity index (χ0n) is 14.7. The largest absolute Gasteiger partial charge is 0.423 e. The maximum atomic E-state index is 12.2. The van der Waals surface area contributed by atoms with Gasteiger partial charge in [0.05, 0.1) is 16.8 Å². The van der Waals surface area contributed by atoms with Crippen LogP contribution in [-0.2, 0) is 0 Å². The highest BCUT2D eigenvalue weighted by molar-refractivity contribution is 6.36. The molecule has 1 amide bonds. The average molecular weight is 448 g/mol. The summed E-state index contributed by atoms with van der Waals surface area (Å²) in [4.78, 5) is 24.2. The van der Waals surface area contributed by atoms with E-state index in [4.69, 9.17) is 39.5 Å². The van der Waals surface area contributed by atoms with Crippen LogP contribution < -0.4 is 10.2 Å². The van der Waals surface area contributed by atoms with E-state index in [1.165, 1.54) is 18.3 Å². The molecular weight excluding hydrogens is 435 g/mol. The van der Waals surface area contributed by atoms with Gasteiger partial charge in [-0.25, -0.2) is 10.2 Å². The molecule has 1 N–H and O–H groups in total. The first-order valence-electron chi connectivity index (χ1n) is 8.28. The van der Waals surface area contributed by atoms with Gasteiger partial charge in [0.25, 0.3) is 5.91 Å². The zero-order chi connectivity index (χ0) is 20.8. The van der Waals surface area contributed by atoms with Gasteiger partial charge in [0.1, 0.15) is 5.75 Å². The first-order valence-corrected chi connectivity index (χ1v) is 9.42. The van der Waals surface area contributed by atoms with Crippen molar-refractivity contribution in [3.05, 3.63) is 98.5 Å². The van der Waals surface area contributed by atoms with Crippen LogP contribution in [0.5, 0.6) is 5.75 Å². The van der Waals surface area contributed by atoms with Crippen molar-refractivity contribution in [3.63, 3.8) is 0 Å². The topological polar surface area (TPSA) is 67.8 Å². The Bertz CT molecular complexity index is 1070. The molecule has 0 aliphatic rings. The Labute approximate surface area is 181 Å². The van der Waals surface area contributed by atoms with Crippen molar-refractivity contribution in [2.45, 2.75) is 0 Å². The SMILES string of the molecule is O=C(N/N=C/c1ccc(OC(=O)c2ccc(Cl)cc2Cl)cc1)c1ccc(Cl)cc1. The Morgan fingerprint density at radius 3 is 2.17 bits per heavy atom. The van der Waals surface area contributed by atoms with E-state index in [0.717, 1.165) is 0 Å². The Morgan fingerprint density at radius 2 is 1.52 bits per heavy atom. The molecule has 0 heterocycles. The van der Waals surface area contributed by atoms with Crippen LogP contribution in [0.2, 0.25) is 15.1 Å². The van der Waals surface area contributed by atoms with E-state index in [1.54, 1.807) is 54.6 Å². The molecule has 29 heavy (non-hydrogen) atoms. The predicted molar refractivity (Wildman–Crippen MR) is 114 cm³/mol. The Hall–Kier alpha value is -2.86. The van der Waals surface area contributed by atoms with Gasteiger partial charge in [-0.05, 0) is 72.3 Å². The number of amides is 1. The molecule has 146 valence electrons. The third-order valence-corrected chi connectivity index (χ3v) is 4.53. The maximum absolute atomic E-state index is 12.2. The lowest BCUT2D eigenvalue weighted by Gasteiger charge is -2.06. The summed E-state index contributed by atoms with van der Waals surface area (Å²) in [5, 5.41) is 5.09. The number of hydrogen-bond donors (Lipinski definition) is 1.